The molecule has 0 radical (unpaired) electrons. The lowest BCUT2D eigenvalue weighted by molar-refractivity contribution is 0.417. The predicted molar refractivity (Wildman–Crippen MR) is 83.4 cm³/mol. The predicted octanol–water partition coefficient (Wildman–Crippen LogP) is 1.93. The number of hydrogen-bond acceptors (Lipinski definition) is 5. The number of sulfonamides is 1. The van der Waals surface area contributed by atoms with Crippen molar-refractivity contribution >= 4 is 27.1 Å². The van der Waals surface area contributed by atoms with E-state index < -0.39 is 10.0 Å². The number of nitrogens with two attached hydrogens (primary N) is 1. The molecule has 0 amide bonds. The van der Waals surface area contributed by atoms with Gasteiger partial charge in [-0.05, 0) is 37.4 Å². The van der Waals surface area contributed by atoms with E-state index in [4.69, 9.17) is 10.5 Å². The highest BCUT2D eigenvalue weighted by Crippen LogP contribution is 2.29. The summed E-state index contributed by atoms with van der Waals surface area (Å²) in [6, 6.07) is 12.1. The van der Waals surface area contributed by atoms with Gasteiger partial charge in [0, 0.05) is 5.69 Å². The third-order valence-corrected chi connectivity index (χ3v) is 4.44. The van der Waals surface area contributed by atoms with Crippen LogP contribution in [-0.4, -0.2) is 22.6 Å². The van der Waals surface area contributed by atoms with Crippen molar-refractivity contribution in [2.24, 2.45) is 0 Å². The molecule has 2 rings (SSSR count). The van der Waals surface area contributed by atoms with Crippen molar-refractivity contribution in [2.75, 3.05) is 25.2 Å². The minimum absolute atomic E-state index is 0.0515. The van der Waals surface area contributed by atoms with Crippen LogP contribution < -0.4 is 20.5 Å². The second kappa shape index (κ2) is 6.02. The molecule has 0 saturated carbocycles. The van der Waals surface area contributed by atoms with E-state index in [1.165, 1.54) is 13.1 Å². The van der Waals surface area contributed by atoms with Crippen molar-refractivity contribution in [2.45, 2.75) is 4.90 Å². The normalized spacial score (nSPS) is 11.1. The zero-order valence-corrected chi connectivity index (χ0v) is 12.6. The number of benzene rings is 2. The Bertz CT molecular complexity index is 745. The van der Waals surface area contributed by atoms with Crippen LogP contribution in [0, 0.1) is 0 Å². The minimum Gasteiger partial charge on any atom is -0.495 e. The molecule has 0 unspecified atom stereocenters. The van der Waals surface area contributed by atoms with Gasteiger partial charge in [0.05, 0.1) is 18.5 Å². The first kappa shape index (κ1) is 15.1. The smallest absolute Gasteiger partial charge is 0.242 e. The standard InChI is InChI=1S/C14H17N3O3S/c1-16-21(18,19)14-8-7-10(9-11(14)15)17-12-5-3-4-6-13(12)20-2/h3-9,16-17H,15H2,1-2H3. The number of rotatable bonds is 5. The van der Waals surface area contributed by atoms with Crippen molar-refractivity contribution in [3.05, 3.63) is 42.5 Å². The molecule has 21 heavy (non-hydrogen) atoms. The molecule has 0 bridgehead atoms. The van der Waals surface area contributed by atoms with Crippen molar-refractivity contribution < 1.29 is 13.2 Å². The molecule has 7 heteroatoms. The zero-order valence-electron chi connectivity index (χ0n) is 11.8. The molecule has 0 aliphatic rings. The van der Waals surface area contributed by atoms with Crippen molar-refractivity contribution in [3.63, 3.8) is 0 Å². The molecule has 0 aliphatic carbocycles. The Morgan fingerprint density at radius 1 is 1.14 bits per heavy atom. The first-order valence-electron chi connectivity index (χ1n) is 6.21. The molecular weight excluding hydrogens is 290 g/mol. The summed E-state index contributed by atoms with van der Waals surface area (Å²) in [6.45, 7) is 0. The summed E-state index contributed by atoms with van der Waals surface area (Å²) in [5.41, 5.74) is 7.43. The fraction of sp³-hybridized carbons (Fsp3) is 0.143. The number of para-hydroxylation sites is 2. The molecular formula is C14H17N3O3S. The van der Waals surface area contributed by atoms with Crippen LogP contribution in [0.3, 0.4) is 0 Å². The van der Waals surface area contributed by atoms with E-state index in [0.717, 1.165) is 5.69 Å². The van der Waals surface area contributed by atoms with Gasteiger partial charge in [-0.25, -0.2) is 13.1 Å². The monoisotopic (exact) mass is 307 g/mol. The summed E-state index contributed by atoms with van der Waals surface area (Å²) >= 11 is 0. The van der Waals surface area contributed by atoms with Gasteiger partial charge in [-0.1, -0.05) is 12.1 Å². The molecule has 2 aromatic rings. The number of methoxy groups -OCH3 is 1. The van der Waals surface area contributed by atoms with Crippen molar-refractivity contribution in [1.82, 2.24) is 4.72 Å². The first-order valence-corrected chi connectivity index (χ1v) is 7.69. The number of nitrogens with one attached hydrogen (secondary N) is 2. The molecule has 0 saturated heterocycles. The second-order valence-electron chi connectivity index (χ2n) is 4.29. The van der Waals surface area contributed by atoms with E-state index in [9.17, 15) is 8.42 Å². The lowest BCUT2D eigenvalue weighted by atomic mass is 10.2. The molecule has 0 atom stereocenters. The SMILES string of the molecule is CNS(=O)(=O)c1ccc(Nc2ccccc2OC)cc1N. The van der Waals surface area contributed by atoms with Gasteiger partial charge in [-0.3, -0.25) is 0 Å². The van der Waals surface area contributed by atoms with Gasteiger partial charge >= 0.3 is 0 Å². The van der Waals surface area contributed by atoms with E-state index >= 15 is 0 Å². The van der Waals surface area contributed by atoms with Crippen LogP contribution in [0.2, 0.25) is 0 Å². The maximum Gasteiger partial charge on any atom is 0.242 e. The fourth-order valence-electron chi connectivity index (χ4n) is 1.88. The minimum atomic E-state index is -3.56. The largest absolute Gasteiger partial charge is 0.495 e. The Balaban J connectivity index is 2.33. The Hall–Kier alpha value is -2.25. The lowest BCUT2D eigenvalue weighted by Gasteiger charge is -2.13. The van der Waals surface area contributed by atoms with Gasteiger partial charge in [0.2, 0.25) is 10.0 Å². The summed E-state index contributed by atoms with van der Waals surface area (Å²) in [7, 11) is -0.635. The number of nitrogen functional groups attached to an aromatic ring is 1. The van der Waals surface area contributed by atoms with Gasteiger partial charge < -0.3 is 15.8 Å². The van der Waals surface area contributed by atoms with Gasteiger partial charge in [0.15, 0.2) is 0 Å². The maximum absolute atomic E-state index is 11.8. The van der Waals surface area contributed by atoms with Gasteiger partial charge in [-0.2, -0.15) is 0 Å². The molecule has 2 aromatic carbocycles. The number of anilines is 3. The molecule has 112 valence electrons. The average molecular weight is 307 g/mol. The van der Waals surface area contributed by atoms with Crippen LogP contribution in [-0.2, 0) is 10.0 Å². The third-order valence-electron chi connectivity index (χ3n) is 2.95. The lowest BCUT2D eigenvalue weighted by Crippen LogP contribution is -2.19. The summed E-state index contributed by atoms with van der Waals surface area (Å²) in [6.07, 6.45) is 0. The first-order chi connectivity index (χ1) is 9.97. The molecule has 4 N–H and O–H groups in total. The van der Waals surface area contributed by atoms with E-state index in [0.29, 0.717) is 11.4 Å². The number of hydrogen-bond donors (Lipinski definition) is 3. The Labute approximate surface area is 124 Å². The molecule has 0 fully saturated rings. The highest BCUT2D eigenvalue weighted by Gasteiger charge is 2.15. The van der Waals surface area contributed by atoms with E-state index in [-0.39, 0.29) is 10.6 Å². The maximum atomic E-state index is 11.8. The second-order valence-corrected chi connectivity index (χ2v) is 6.14. The van der Waals surface area contributed by atoms with E-state index in [2.05, 4.69) is 10.0 Å². The van der Waals surface area contributed by atoms with Crippen molar-refractivity contribution in [1.29, 1.82) is 0 Å². The molecule has 0 spiro atoms. The Kier molecular flexibility index (Phi) is 4.35. The van der Waals surface area contributed by atoms with Gasteiger partial charge in [0.25, 0.3) is 0 Å². The van der Waals surface area contributed by atoms with E-state index in [1.54, 1.807) is 19.2 Å². The Morgan fingerprint density at radius 3 is 2.48 bits per heavy atom. The molecule has 0 aliphatic heterocycles. The van der Waals surface area contributed by atoms with Crippen LogP contribution in [0.25, 0.3) is 0 Å². The molecule has 0 aromatic heterocycles. The van der Waals surface area contributed by atoms with Crippen LogP contribution in [0.1, 0.15) is 0 Å². The average Bonchev–Trinajstić information content (AvgIpc) is 2.47. The summed E-state index contributed by atoms with van der Waals surface area (Å²) < 4.78 is 31.0. The molecule has 6 nitrogen and oxygen atoms in total. The quantitative estimate of drug-likeness (QED) is 0.734. The van der Waals surface area contributed by atoms with E-state index in [1.807, 2.05) is 24.3 Å². The highest BCUT2D eigenvalue weighted by molar-refractivity contribution is 7.89. The van der Waals surface area contributed by atoms with Crippen LogP contribution in [0.15, 0.2) is 47.4 Å². The van der Waals surface area contributed by atoms with Gasteiger partial charge in [0.1, 0.15) is 10.6 Å². The van der Waals surface area contributed by atoms with Crippen molar-refractivity contribution in [3.8, 4) is 5.75 Å². The molecule has 0 heterocycles. The zero-order chi connectivity index (χ0) is 15.5. The number of ether oxygens (including phenoxy) is 1. The third kappa shape index (κ3) is 3.26. The highest BCUT2D eigenvalue weighted by atomic mass is 32.2. The summed E-state index contributed by atoms with van der Waals surface area (Å²) in [5, 5.41) is 3.14. The van der Waals surface area contributed by atoms with Crippen LogP contribution >= 0.6 is 0 Å². The van der Waals surface area contributed by atoms with Crippen LogP contribution in [0.4, 0.5) is 17.1 Å². The fourth-order valence-corrected chi connectivity index (χ4v) is 2.72. The summed E-state index contributed by atoms with van der Waals surface area (Å²) in [5.74, 6) is 0.683. The van der Waals surface area contributed by atoms with Crippen LogP contribution in [0.5, 0.6) is 5.75 Å². The topological polar surface area (TPSA) is 93.5 Å². The van der Waals surface area contributed by atoms with Gasteiger partial charge in [-0.15, -0.1) is 0 Å². The summed E-state index contributed by atoms with van der Waals surface area (Å²) in [4.78, 5) is 0.0515. The Morgan fingerprint density at radius 2 is 1.86 bits per heavy atom.